The average Bonchev–Trinajstić information content (AvgIpc) is 2.67. The molecule has 2 aliphatic rings. The van der Waals surface area contributed by atoms with Gasteiger partial charge < -0.3 is 5.32 Å². The van der Waals surface area contributed by atoms with Gasteiger partial charge in [0.25, 0.3) is 0 Å². The van der Waals surface area contributed by atoms with Crippen LogP contribution in [0.2, 0.25) is 0 Å². The van der Waals surface area contributed by atoms with Crippen molar-refractivity contribution in [3.63, 3.8) is 0 Å². The third kappa shape index (κ3) is 1.54. The molecule has 0 fully saturated rings. The van der Waals surface area contributed by atoms with E-state index in [0.29, 0.717) is 5.41 Å². The number of thiophene rings is 1. The van der Waals surface area contributed by atoms with Crippen molar-refractivity contribution >= 4 is 11.3 Å². The lowest BCUT2D eigenvalue weighted by atomic mass is 9.90. The van der Waals surface area contributed by atoms with E-state index in [4.69, 9.17) is 0 Å². The number of hydrogen-bond donors (Lipinski definition) is 1. The van der Waals surface area contributed by atoms with Crippen LogP contribution in [0.5, 0.6) is 0 Å². The molecule has 1 N–H and O–H groups in total. The summed E-state index contributed by atoms with van der Waals surface area (Å²) in [6.45, 7) is 9.47. The summed E-state index contributed by atoms with van der Waals surface area (Å²) < 4.78 is 0. The van der Waals surface area contributed by atoms with Crippen LogP contribution in [0.15, 0.2) is 0 Å². The van der Waals surface area contributed by atoms with Crippen molar-refractivity contribution in [2.45, 2.75) is 51.4 Å². The molecule has 0 saturated heterocycles. The molecule has 0 radical (unpaired) electrons. The van der Waals surface area contributed by atoms with Gasteiger partial charge in [-0.3, -0.25) is 0 Å². The van der Waals surface area contributed by atoms with E-state index < -0.39 is 0 Å². The maximum Gasteiger partial charge on any atom is 0.0137 e. The van der Waals surface area contributed by atoms with E-state index in [2.05, 4.69) is 37.4 Å². The highest BCUT2D eigenvalue weighted by Gasteiger charge is 2.34. The fourth-order valence-corrected chi connectivity index (χ4v) is 4.68. The lowest BCUT2D eigenvalue weighted by Crippen LogP contribution is -2.19. The average molecular weight is 235 g/mol. The van der Waals surface area contributed by atoms with Gasteiger partial charge >= 0.3 is 0 Å². The van der Waals surface area contributed by atoms with E-state index in [1.807, 2.05) is 0 Å². The number of hydrogen-bond acceptors (Lipinski definition) is 2. The molecule has 16 heavy (non-hydrogen) atoms. The van der Waals surface area contributed by atoms with Crippen LogP contribution in [0.1, 0.15) is 54.0 Å². The van der Waals surface area contributed by atoms with Crippen molar-refractivity contribution in [2.75, 3.05) is 13.1 Å². The van der Waals surface area contributed by atoms with Gasteiger partial charge in [0.1, 0.15) is 0 Å². The first-order valence-electron chi connectivity index (χ1n) is 6.43. The first kappa shape index (κ1) is 10.8. The summed E-state index contributed by atoms with van der Waals surface area (Å²) in [5.74, 6) is 0.819. The molecule has 0 amide bonds. The SMILES string of the molecule is CC(C)(C)c1sc2c3c1CCC3CNCC2. The Morgan fingerprint density at radius 1 is 1.25 bits per heavy atom. The van der Waals surface area contributed by atoms with E-state index in [9.17, 15) is 0 Å². The van der Waals surface area contributed by atoms with Gasteiger partial charge in [-0.25, -0.2) is 0 Å². The van der Waals surface area contributed by atoms with Crippen LogP contribution in [-0.4, -0.2) is 13.1 Å². The molecular formula is C14H21NS. The van der Waals surface area contributed by atoms with Crippen molar-refractivity contribution in [3.8, 4) is 0 Å². The van der Waals surface area contributed by atoms with Gasteiger partial charge in [0.15, 0.2) is 0 Å². The Hall–Kier alpha value is -0.340. The molecule has 0 bridgehead atoms. The lowest BCUT2D eigenvalue weighted by molar-refractivity contribution is 0.593. The Labute approximate surface area is 102 Å². The normalized spacial score (nSPS) is 24.3. The molecular weight excluding hydrogens is 214 g/mol. The Kier molecular flexibility index (Phi) is 2.41. The molecule has 2 heterocycles. The molecule has 0 spiro atoms. The second kappa shape index (κ2) is 3.58. The summed E-state index contributed by atoms with van der Waals surface area (Å²) in [5.41, 5.74) is 3.82. The highest BCUT2D eigenvalue weighted by Crippen LogP contribution is 2.47. The van der Waals surface area contributed by atoms with Crippen molar-refractivity contribution in [3.05, 3.63) is 20.9 Å². The van der Waals surface area contributed by atoms with Crippen LogP contribution in [0.25, 0.3) is 0 Å². The zero-order chi connectivity index (χ0) is 11.3. The summed E-state index contributed by atoms with van der Waals surface area (Å²) in [4.78, 5) is 3.36. The van der Waals surface area contributed by atoms with E-state index in [0.717, 1.165) is 5.92 Å². The molecule has 1 atom stereocenters. The van der Waals surface area contributed by atoms with Gasteiger partial charge in [-0.1, -0.05) is 20.8 Å². The first-order valence-corrected chi connectivity index (χ1v) is 7.24. The summed E-state index contributed by atoms with van der Waals surface area (Å²) in [7, 11) is 0. The van der Waals surface area contributed by atoms with E-state index in [-0.39, 0.29) is 0 Å². The van der Waals surface area contributed by atoms with Gasteiger partial charge in [-0.15, -0.1) is 11.3 Å². The summed E-state index contributed by atoms with van der Waals surface area (Å²) in [6.07, 6.45) is 3.95. The van der Waals surface area contributed by atoms with Gasteiger partial charge in [0.2, 0.25) is 0 Å². The lowest BCUT2D eigenvalue weighted by Gasteiger charge is -2.18. The molecule has 2 heteroatoms. The fraction of sp³-hybridized carbons (Fsp3) is 0.714. The summed E-state index contributed by atoms with van der Waals surface area (Å²) in [5, 5.41) is 3.58. The van der Waals surface area contributed by atoms with Crippen molar-refractivity contribution in [1.82, 2.24) is 5.32 Å². The summed E-state index contributed by atoms with van der Waals surface area (Å²) >= 11 is 2.10. The molecule has 88 valence electrons. The van der Waals surface area contributed by atoms with Crippen LogP contribution in [0.3, 0.4) is 0 Å². The second-order valence-corrected chi connectivity index (χ2v) is 7.29. The van der Waals surface area contributed by atoms with Crippen molar-refractivity contribution < 1.29 is 0 Å². The highest BCUT2D eigenvalue weighted by atomic mass is 32.1. The standard InChI is InChI=1S/C14H21NS/c1-14(2,3)13-10-5-4-9-8-15-7-6-11(16-13)12(9)10/h9,15H,4-8H2,1-3H3. The first-order chi connectivity index (χ1) is 7.57. The summed E-state index contributed by atoms with van der Waals surface area (Å²) in [6, 6.07) is 0. The van der Waals surface area contributed by atoms with Crippen LogP contribution in [-0.2, 0) is 18.3 Å². The Morgan fingerprint density at radius 2 is 2.06 bits per heavy atom. The molecule has 3 rings (SSSR count). The fourth-order valence-electron chi connectivity index (χ4n) is 3.19. The van der Waals surface area contributed by atoms with Crippen LogP contribution in [0, 0.1) is 0 Å². The predicted molar refractivity (Wildman–Crippen MR) is 70.7 cm³/mol. The largest absolute Gasteiger partial charge is 0.316 e. The maximum absolute atomic E-state index is 3.58. The van der Waals surface area contributed by atoms with Crippen LogP contribution < -0.4 is 5.32 Å². The molecule has 1 unspecified atom stereocenters. The minimum Gasteiger partial charge on any atom is -0.316 e. The minimum atomic E-state index is 0.342. The molecule has 1 aromatic heterocycles. The van der Waals surface area contributed by atoms with E-state index >= 15 is 0 Å². The molecule has 0 saturated carbocycles. The van der Waals surface area contributed by atoms with Crippen molar-refractivity contribution in [1.29, 1.82) is 0 Å². The molecule has 1 aromatic rings. The van der Waals surface area contributed by atoms with E-state index in [1.165, 1.54) is 32.4 Å². The van der Waals surface area contributed by atoms with Crippen molar-refractivity contribution in [2.24, 2.45) is 0 Å². The molecule has 1 aliphatic carbocycles. The maximum atomic E-state index is 3.58. The number of rotatable bonds is 0. The Balaban J connectivity index is 2.13. The minimum absolute atomic E-state index is 0.342. The smallest absolute Gasteiger partial charge is 0.0137 e. The Morgan fingerprint density at radius 3 is 2.81 bits per heavy atom. The van der Waals surface area contributed by atoms with Crippen LogP contribution >= 0.6 is 11.3 Å². The van der Waals surface area contributed by atoms with Gasteiger partial charge in [-0.2, -0.15) is 0 Å². The van der Waals surface area contributed by atoms with Gasteiger partial charge in [-0.05, 0) is 48.3 Å². The third-order valence-corrected chi connectivity index (χ3v) is 5.61. The quantitative estimate of drug-likeness (QED) is 0.728. The molecule has 1 nitrogen and oxygen atoms in total. The molecule has 1 aliphatic heterocycles. The monoisotopic (exact) mass is 235 g/mol. The predicted octanol–water partition coefficient (Wildman–Crippen LogP) is 3.22. The van der Waals surface area contributed by atoms with E-state index in [1.54, 1.807) is 20.9 Å². The third-order valence-electron chi connectivity index (χ3n) is 3.88. The van der Waals surface area contributed by atoms with Gasteiger partial charge in [0, 0.05) is 16.3 Å². The molecule has 0 aromatic carbocycles. The zero-order valence-electron chi connectivity index (χ0n) is 10.5. The number of nitrogens with one attached hydrogen (secondary N) is 1. The zero-order valence-corrected chi connectivity index (χ0v) is 11.3. The Bertz CT molecular complexity index is 411. The highest BCUT2D eigenvalue weighted by molar-refractivity contribution is 7.12. The van der Waals surface area contributed by atoms with Gasteiger partial charge in [0.05, 0.1) is 0 Å². The second-order valence-electron chi connectivity index (χ2n) is 6.19. The topological polar surface area (TPSA) is 12.0 Å². The van der Waals surface area contributed by atoms with Crippen LogP contribution in [0.4, 0.5) is 0 Å².